The Morgan fingerprint density at radius 3 is 2.29 bits per heavy atom. The van der Waals surface area contributed by atoms with Crippen molar-refractivity contribution in [2.24, 2.45) is 5.92 Å². The molecule has 2 amide bonds. The maximum atomic E-state index is 13.0. The van der Waals surface area contributed by atoms with Crippen molar-refractivity contribution in [1.29, 1.82) is 0 Å². The molecular formula is C27H30N2O5. The van der Waals surface area contributed by atoms with E-state index in [1.165, 1.54) is 11.1 Å². The van der Waals surface area contributed by atoms with Crippen LogP contribution < -0.4 is 5.32 Å². The minimum Gasteiger partial charge on any atom is -0.481 e. The Hall–Kier alpha value is -3.35. The standard InChI is InChI=1S/C27H30N2O5/c1-2-16(13-25(30)29-17-11-12-24(29)22(14-17)26(31)32)28-27(33)34-15-23-20-9-5-3-7-18(20)19-8-4-6-10-21(19)23/h3-10,16-17,22-24H,2,11-15H2,1H3,(H,28,33)(H,31,32)/t16?,17-,22+,24+/m1/s1. The number of alkyl carbamates (subject to hydrolysis) is 1. The molecule has 2 N–H and O–H groups in total. The predicted molar refractivity (Wildman–Crippen MR) is 126 cm³/mol. The van der Waals surface area contributed by atoms with E-state index >= 15 is 0 Å². The number of ether oxygens (including phenoxy) is 1. The number of carbonyl (C=O) groups is 3. The number of carbonyl (C=O) groups excluding carboxylic acids is 2. The Balaban J connectivity index is 1.19. The van der Waals surface area contributed by atoms with E-state index in [1.807, 2.05) is 31.2 Å². The van der Waals surface area contributed by atoms with Crippen molar-refractivity contribution in [3.8, 4) is 11.1 Å². The van der Waals surface area contributed by atoms with E-state index in [2.05, 4.69) is 29.6 Å². The van der Waals surface area contributed by atoms with Gasteiger partial charge in [0, 0.05) is 30.5 Å². The fourth-order valence-corrected chi connectivity index (χ4v) is 6.06. The lowest BCUT2D eigenvalue weighted by Gasteiger charge is -2.26. The summed E-state index contributed by atoms with van der Waals surface area (Å²) in [6.07, 6.45) is 2.33. The number of hydrogen-bond acceptors (Lipinski definition) is 4. The first-order chi connectivity index (χ1) is 16.5. The van der Waals surface area contributed by atoms with Gasteiger partial charge in [-0.2, -0.15) is 0 Å². The molecule has 4 atom stereocenters. The quantitative estimate of drug-likeness (QED) is 0.644. The van der Waals surface area contributed by atoms with E-state index in [4.69, 9.17) is 4.74 Å². The van der Waals surface area contributed by atoms with Crippen LogP contribution in [-0.4, -0.2) is 52.7 Å². The van der Waals surface area contributed by atoms with Gasteiger partial charge < -0.3 is 20.1 Å². The van der Waals surface area contributed by atoms with Crippen LogP contribution >= 0.6 is 0 Å². The Morgan fingerprint density at radius 2 is 1.71 bits per heavy atom. The van der Waals surface area contributed by atoms with Crippen LogP contribution in [0.5, 0.6) is 0 Å². The highest BCUT2D eigenvalue weighted by Crippen LogP contribution is 2.45. The molecule has 0 radical (unpaired) electrons. The van der Waals surface area contributed by atoms with Crippen LogP contribution in [0.25, 0.3) is 11.1 Å². The largest absolute Gasteiger partial charge is 0.481 e. The summed E-state index contributed by atoms with van der Waals surface area (Å²) in [6.45, 7) is 2.14. The molecule has 1 aliphatic carbocycles. The third kappa shape index (κ3) is 3.93. The van der Waals surface area contributed by atoms with Crippen LogP contribution in [0.1, 0.15) is 56.1 Å². The maximum Gasteiger partial charge on any atom is 0.407 e. The molecule has 178 valence electrons. The van der Waals surface area contributed by atoms with E-state index in [1.54, 1.807) is 4.90 Å². The fraction of sp³-hybridized carbons (Fsp3) is 0.444. The summed E-state index contributed by atoms with van der Waals surface area (Å²) in [6, 6.07) is 15.8. The summed E-state index contributed by atoms with van der Waals surface area (Å²) in [4.78, 5) is 38.9. The molecule has 0 saturated carbocycles. The van der Waals surface area contributed by atoms with Crippen molar-refractivity contribution in [3.63, 3.8) is 0 Å². The van der Waals surface area contributed by atoms with Crippen LogP contribution in [-0.2, 0) is 14.3 Å². The van der Waals surface area contributed by atoms with E-state index in [0.29, 0.717) is 12.8 Å². The monoisotopic (exact) mass is 462 g/mol. The molecule has 34 heavy (non-hydrogen) atoms. The van der Waals surface area contributed by atoms with Gasteiger partial charge in [0.05, 0.1) is 5.92 Å². The molecule has 2 aromatic carbocycles. The van der Waals surface area contributed by atoms with Gasteiger partial charge >= 0.3 is 12.1 Å². The summed E-state index contributed by atoms with van der Waals surface area (Å²) in [5.41, 5.74) is 4.64. The van der Waals surface area contributed by atoms with Crippen molar-refractivity contribution in [2.75, 3.05) is 6.61 Å². The Morgan fingerprint density at radius 1 is 1.06 bits per heavy atom. The number of carboxylic acids is 1. The zero-order chi connectivity index (χ0) is 23.8. The van der Waals surface area contributed by atoms with Crippen molar-refractivity contribution in [1.82, 2.24) is 10.2 Å². The molecular weight excluding hydrogens is 432 g/mol. The van der Waals surface area contributed by atoms with Crippen LogP contribution in [0, 0.1) is 5.92 Å². The van der Waals surface area contributed by atoms with Crippen molar-refractivity contribution in [2.45, 2.75) is 63.1 Å². The number of rotatable bonds is 7. The van der Waals surface area contributed by atoms with Gasteiger partial charge in [-0.25, -0.2) is 4.79 Å². The smallest absolute Gasteiger partial charge is 0.407 e. The highest BCUT2D eigenvalue weighted by Gasteiger charge is 2.51. The van der Waals surface area contributed by atoms with E-state index in [9.17, 15) is 19.5 Å². The average molecular weight is 463 g/mol. The van der Waals surface area contributed by atoms with E-state index in [-0.39, 0.29) is 43.0 Å². The van der Waals surface area contributed by atoms with Gasteiger partial charge in [-0.05, 0) is 47.9 Å². The molecule has 2 fully saturated rings. The molecule has 2 saturated heterocycles. The predicted octanol–water partition coefficient (Wildman–Crippen LogP) is 4.16. The Kier molecular flexibility index (Phi) is 6.02. The van der Waals surface area contributed by atoms with Gasteiger partial charge in [0.15, 0.2) is 0 Å². The molecule has 7 nitrogen and oxygen atoms in total. The van der Waals surface area contributed by atoms with E-state index in [0.717, 1.165) is 24.0 Å². The molecule has 2 aliphatic heterocycles. The summed E-state index contributed by atoms with van der Waals surface area (Å²) >= 11 is 0. The molecule has 3 aliphatic rings. The van der Waals surface area contributed by atoms with Crippen LogP contribution in [0.3, 0.4) is 0 Å². The normalized spacial score (nSPS) is 23.3. The second kappa shape index (κ2) is 9.12. The first kappa shape index (κ1) is 22.4. The van der Waals surface area contributed by atoms with Crippen LogP contribution in [0.15, 0.2) is 48.5 Å². The summed E-state index contributed by atoms with van der Waals surface area (Å²) in [7, 11) is 0. The maximum absolute atomic E-state index is 13.0. The Bertz CT molecular complexity index is 1070. The highest BCUT2D eigenvalue weighted by molar-refractivity contribution is 5.82. The number of hydrogen-bond donors (Lipinski definition) is 2. The SMILES string of the molecule is CCC(CC(=O)N1[C@@H]2CC[C@H]1[C@@H](C(=O)O)C2)NC(=O)OCC1c2ccccc2-c2ccccc21. The number of benzene rings is 2. The van der Waals surface area contributed by atoms with Gasteiger partial charge in [-0.1, -0.05) is 55.5 Å². The minimum atomic E-state index is -0.825. The average Bonchev–Trinajstić information content (AvgIpc) is 3.52. The lowest BCUT2D eigenvalue weighted by Crippen LogP contribution is -2.43. The van der Waals surface area contributed by atoms with Gasteiger partial charge in [0.25, 0.3) is 0 Å². The summed E-state index contributed by atoms with van der Waals surface area (Å²) in [5.74, 6) is -1.40. The topological polar surface area (TPSA) is 95.9 Å². The van der Waals surface area contributed by atoms with Gasteiger partial charge in [-0.15, -0.1) is 0 Å². The van der Waals surface area contributed by atoms with Gasteiger partial charge in [0.1, 0.15) is 6.61 Å². The van der Waals surface area contributed by atoms with Crippen molar-refractivity contribution >= 4 is 18.0 Å². The Labute approximate surface area is 199 Å². The molecule has 2 heterocycles. The van der Waals surface area contributed by atoms with Crippen molar-refractivity contribution in [3.05, 3.63) is 59.7 Å². The highest BCUT2D eigenvalue weighted by atomic mass is 16.5. The number of nitrogens with zero attached hydrogens (tertiary/aromatic N) is 1. The van der Waals surface area contributed by atoms with Gasteiger partial charge in [-0.3, -0.25) is 9.59 Å². The first-order valence-corrected chi connectivity index (χ1v) is 12.1. The van der Waals surface area contributed by atoms with Crippen LogP contribution in [0.2, 0.25) is 0 Å². The molecule has 5 rings (SSSR count). The molecule has 0 aromatic heterocycles. The van der Waals surface area contributed by atoms with E-state index < -0.39 is 18.0 Å². The fourth-order valence-electron chi connectivity index (χ4n) is 6.06. The zero-order valence-corrected chi connectivity index (χ0v) is 19.3. The van der Waals surface area contributed by atoms with Crippen molar-refractivity contribution < 1.29 is 24.2 Å². The number of nitrogens with one attached hydrogen (secondary N) is 1. The zero-order valence-electron chi connectivity index (χ0n) is 19.3. The lowest BCUT2D eigenvalue weighted by atomic mass is 9.89. The third-order valence-corrected chi connectivity index (χ3v) is 7.72. The number of aliphatic carboxylic acids is 1. The van der Waals surface area contributed by atoms with Gasteiger partial charge in [0.2, 0.25) is 5.91 Å². The molecule has 1 unspecified atom stereocenters. The minimum absolute atomic E-state index is 0.00515. The lowest BCUT2D eigenvalue weighted by molar-refractivity contribution is -0.143. The second-order valence-electron chi connectivity index (χ2n) is 9.56. The molecule has 2 bridgehead atoms. The third-order valence-electron chi connectivity index (χ3n) is 7.72. The summed E-state index contributed by atoms with van der Waals surface area (Å²) in [5, 5.41) is 12.3. The summed E-state index contributed by atoms with van der Waals surface area (Å²) < 4.78 is 5.63. The number of fused-ring (bicyclic) bond motifs is 5. The molecule has 2 aromatic rings. The second-order valence-corrected chi connectivity index (χ2v) is 9.56. The molecule has 7 heteroatoms. The van der Waals surface area contributed by atoms with Crippen LogP contribution in [0.4, 0.5) is 4.79 Å². The molecule has 0 spiro atoms. The number of carboxylic acid groups (broad SMARTS) is 1. The first-order valence-electron chi connectivity index (χ1n) is 12.1. The number of amides is 2.